The third-order valence-electron chi connectivity index (χ3n) is 5.69. The zero-order valence-corrected chi connectivity index (χ0v) is 20.9. The highest BCUT2D eigenvalue weighted by Gasteiger charge is 2.35. The summed E-state index contributed by atoms with van der Waals surface area (Å²) in [5, 5.41) is 16.6. The van der Waals surface area contributed by atoms with E-state index in [1.54, 1.807) is 0 Å². The van der Waals surface area contributed by atoms with Crippen molar-refractivity contribution in [2.75, 3.05) is 38.5 Å². The smallest absolute Gasteiger partial charge is 0.213 e. The van der Waals surface area contributed by atoms with E-state index >= 15 is 0 Å². The van der Waals surface area contributed by atoms with E-state index in [9.17, 15) is 13.5 Å². The van der Waals surface area contributed by atoms with Gasteiger partial charge in [-0.15, -0.1) is 24.0 Å². The van der Waals surface area contributed by atoms with Crippen molar-refractivity contribution in [3.8, 4) is 0 Å². The van der Waals surface area contributed by atoms with Gasteiger partial charge in [0.1, 0.15) is 0 Å². The van der Waals surface area contributed by atoms with E-state index in [0.717, 1.165) is 44.9 Å². The zero-order chi connectivity index (χ0) is 20.5. The molecule has 0 aromatic heterocycles. The van der Waals surface area contributed by atoms with Crippen molar-refractivity contribution < 1.29 is 18.3 Å². The van der Waals surface area contributed by atoms with Crippen LogP contribution in [0.4, 0.5) is 0 Å². The molecule has 0 amide bonds. The van der Waals surface area contributed by atoms with E-state index in [2.05, 4.69) is 27.3 Å². The first-order chi connectivity index (χ1) is 13.3. The number of hydrogen-bond acceptors (Lipinski definition) is 5. The van der Waals surface area contributed by atoms with E-state index in [-0.39, 0.29) is 53.9 Å². The lowest BCUT2D eigenvalue weighted by molar-refractivity contribution is 0.00716. The van der Waals surface area contributed by atoms with Crippen LogP contribution in [0.1, 0.15) is 58.8 Å². The van der Waals surface area contributed by atoms with Crippen molar-refractivity contribution in [1.82, 2.24) is 15.4 Å². The van der Waals surface area contributed by atoms with Crippen molar-refractivity contribution in [3.05, 3.63) is 0 Å². The second kappa shape index (κ2) is 13.3. The molecule has 2 aliphatic rings. The highest BCUT2D eigenvalue weighted by molar-refractivity contribution is 14.0. The lowest BCUT2D eigenvalue weighted by atomic mass is 9.73. The molecule has 0 bridgehead atoms. The van der Waals surface area contributed by atoms with E-state index in [4.69, 9.17) is 4.74 Å². The number of aliphatic imine (C=N–C) groups is 1. The number of sulfonamides is 1. The van der Waals surface area contributed by atoms with Crippen LogP contribution in [0.5, 0.6) is 0 Å². The minimum atomic E-state index is -3.36. The third kappa shape index (κ3) is 9.67. The molecule has 0 spiro atoms. The molecule has 1 saturated heterocycles. The van der Waals surface area contributed by atoms with Crippen molar-refractivity contribution in [2.45, 2.75) is 71.0 Å². The van der Waals surface area contributed by atoms with Gasteiger partial charge in [0.25, 0.3) is 0 Å². The van der Waals surface area contributed by atoms with Gasteiger partial charge in [0, 0.05) is 31.7 Å². The number of hydrogen-bond donors (Lipinski definition) is 4. The first-order valence-corrected chi connectivity index (χ1v) is 12.3. The fourth-order valence-corrected chi connectivity index (χ4v) is 4.69. The number of aliphatic hydroxyl groups excluding tert-OH is 1. The van der Waals surface area contributed by atoms with Crippen LogP contribution in [-0.4, -0.2) is 70.2 Å². The summed E-state index contributed by atoms with van der Waals surface area (Å²) in [4.78, 5) is 4.60. The molecule has 29 heavy (non-hydrogen) atoms. The van der Waals surface area contributed by atoms with Crippen molar-refractivity contribution in [2.24, 2.45) is 10.4 Å². The Kier molecular flexibility index (Phi) is 12.3. The summed E-state index contributed by atoms with van der Waals surface area (Å²) in [6.45, 7) is 6.58. The first kappa shape index (κ1) is 26.9. The first-order valence-electron chi connectivity index (χ1n) is 10.6. The molecule has 2 rings (SSSR count). The van der Waals surface area contributed by atoms with Gasteiger partial charge in [-0.3, -0.25) is 4.99 Å². The Morgan fingerprint density at radius 2 is 1.97 bits per heavy atom. The minimum absolute atomic E-state index is 0. The highest BCUT2D eigenvalue weighted by atomic mass is 127. The molecular weight excluding hydrogens is 507 g/mol. The standard InChI is InChI=1S/C19H38N4O4S.HI/c1-3-20-18(22-15-19(2)10-6-4-9-17(19)24)21-11-13-28(25,26)23-14-16-8-5-7-12-27-16;/h16-17,23-24H,3-15H2,1-2H3,(H2,20,21,22);1H. The molecule has 4 N–H and O–H groups in total. The van der Waals surface area contributed by atoms with Gasteiger partial charge >= 0.3 is 0 Å². The average Bonchev–Trinajstić information content (AvgIpc) is 2.68. The number of nitrogens with one attached hydrogen (secondary N) is 3. The van der Waals surface area contributed by atoms with Crippen molar-refractivity contribution in [1.29, 1.82) is 0 Å². The fraction of sp³-hybridized carbons (Fsp3) is 0.947. The van der Waals surface area contributed by atoms with Gasteiger partial charge in [-0.1, -0.05) is 19.8 Å². The van der Waals surface area contributed by atoms with Gasteiger partial charge in [-0.2, -0.15) is 0 Å². The Hall–Kier alpha value is -0.170. The number of guanidine groups is 1. The topological polar surface area (TPSA) is 112 Å². The Balaban J connectivity index is 0.00000420. The van der Waals surface area contributed by atoms with E-state index in [1.165, 1.54) is 0 Å². The predicted octanol–water partition coefficient (Wildman–Crippen LogP) is 1.59. The molecule has 1 aliphatic heterocycles. The van der Waals surface area contributed by atoms with Crippen molar-refractivity contribution >= 4 is 40.0 Å². The molecule has 1 heterocycles. The largest absolute Gasteiger partial charge is 0.392 e. The van der Waals surface area contributed by atoms with Crippen LogP contribution in [0.25, 0.3) is 0 Å². The van der Waals surface area contributed by atoms with Gasteiger partial charge in [-0.05, 0) is 39.0 Å². The normalized spacial score (nSPS) is 28.4. The van der Waals surface area contributed by atoms with Crippen LogP contribution in [0.15, 0.2) is 4.99 Å². The molecule has 0 aromatic rings. The molecule has 1 aliphatic carbocycles. The molecule has 10 heteroatoms. The SMILES string of the molecule is CCNC(=NCC1(C)CCCCC1O)NCCS(=O)(=O)NCC1CCCCO1.I. The Labute approximate surface area is 193 Å². The maximum absolute atomic E-state index is 12.2. The zero-order valence-electron chi connectivity index (χ0n) is 17.8. The molecular formula is C19H39IN4O4S. The van der Waals surface area contributed by atoms with Crippen molar-refractivity contribution in [3.63, 3.8) is 0 Å². The van der Waals surface area contributed by atoms with E-state index in [0.29, 0.717) is 32.2 Å². The van der Waals surface area contributed by atoms with Gasteiger partial charge in [0.05, 0.1) is 24.5 Å². The number of ether oxygens (including phenoxy) is 1. The molecule has 0 radical (unpaired) electrons. The van der Waals surface area contributed by atoms with Crippen LogP contribution in [0.3, 0.4) is 0 Å². The van der Waals surface area contributed by atoms with Crippen LogP contribution in [0.2, 0.25) is 0 Å². The molecule has 1 saturated carbocycles. The lowest BCUT2D eigenvalue weighted by Crippen LogP contribution is -2.44. The third-order valence-corrected chi connectivity index (χ3v) is 7.04. The van der Waals surface area contributed by atoms with Gasteiger partial charge in [0.15, 0.2) is 5.96 Å². The fourth-order valence-electron chi connectivity index (χ4n) is 3.73. The van der Waals surface area contributed by atoms with E-state index in [1.807, 2.05) is 6.92 Å². The lowest BCUT2D eigenvalue weighted by Gasteiger charge is -2.37. The number of halogens is 1. The minimum Gasteiger partial charge on any atom is -0.392 e. The highest BCUT2D eigenvalue weighted by Crippen LogP contribution is 2.36. The number of aliphatic hydroxyl groups is 1. The monoisotopic (exact) mass is 546 g/mol. The summed E-state index contributed by atoms with van der Waals surface area (Å²) in [6, 6.07) is 0. The van der Waals surface area contributed by atoms with Gasteiger partial charge in [-0.25, -0.2) is 13.1 Å². The van der Waals surface area contributed by atoms with Gasteiger partial charge < -0.3 is 20.5 Å². The predicted molar refractivity (Wildman–Crippen MR) is 127 cm³/mol. The summed E-state index contributed by atoms with van der Waals surface area (Å²) >= 11 is 0. The summed E-state index contributed by atoms with van der Waals surface area (Å²) < 4.78 is 32.6. The number of rotatable bonds is 9. The molecule has 8 nitrogen and oxygen atoms in total. The average molecular weight is 547 g/mol. The summed E-state index contributed by atoms with van der Waals surface area (Å²) in [5.74, 6) is 0.566. The summed E-state index contributed by atoms with van der Waals surface area (Å²) in [5.41, 5.74) is -0.214. The summed E-state index contributed by atoms with van der Waals surface area (Å²) in [6.07, 6.45) is 6.65. The Morgan fingerprint density at radius 1 is 1.21 bits per heavy atom. The maximum atomic E-state index is 12.2. The second-order valence-electron chi connectivity index (χ2n) is 8.19. The molecule has 172 valence electrons. The van der Waals surface area contributed by atoms with Crippen LogP contribution in [-0.2, 0) is 14.8 Å². The summed E-state index contributed by atoms with van der Waals surface area (Å²) in [7, 11) is -3.36. The van der Waals surface area contributed by atoms with E-state index < -0.39 is 10.0 Å². The molecule has 3 atom stereocenters. The number of nitrogens with zero attached hydrogens (tertiary/aromatic N) is 1. The Bertz CT molecular complexity index is 599. The molecule has 2 fully saturated rings. The van der Waals surface area contributed by atoms with Crippen LogP contribution < -0.4 is 15.4 Å². The maximum Gasteiger partial charge on any atom is 0.213 e. The Morgan fingerprint density at radius 3 is 2.62 bits per heavy atom. The van der Waals surface area contributed by atoms with Crippen LogP contribution in [0, 0.1) is 5.41 Å². The molecule has 3 unspecified atom stereocenters. The second-order valence-corrected chi connectivity index (χ2v) is 10.1. The van der Waals surface area contributed by atoms with Gasteiger partial charge in [0.2, 0.25) is 10.0 Å². The quantitative estimate of drug-likeness (QED) is 0.199. The van der Waals surface area contributed by atoms with Crippen LogP contribution >= 0.6 is 24.0 Å². The molecule has 0 aromatic carbocycles.